The summed E-state index contributed by atoms with van der Waals surface area (Å²) in [7, 11) is 0. The number of aryl methyl sites for hydroxylation is 2. The normalized spacial score (nSPS) is 20.4. The first-order chi connectivity index (χ1) is 14.5. The summed E-state index contributed by atoms with van der Waals surface area (Å²) in [4.78, 5) is 42.2. The molecule has 8 heteroatoms. The Bertz CT molecular complexity index is 1120. The summed E-state index contributed by atoms with van der Waals surface area (Å²) >= 11 is 0. The van der Waals surface area contributed by atoms with Gasteiger partial charge in [-0.2, -0.15) is 0 Å². The first kappa shape index (κ1) is 18.9. The fourth-order valence-corrected chi connectivity index (χ4v) is 4.63. The molecule has 30 heavy (non-hydrogen) atoms. The Labute approximate surface area is 173 Å². The van der Waals surface area contributed by atoms with E-state index in [1.165, 1.54) is 15.7 Å². The van der Waals surface area contributed by atoms with E-state index in [0.717, 1.165) is 29.7 Å². The summed E-state index contributed by atoms with van der Waals surface area (Å²) in [5.41, 5.74) is 1.95. The van der Waals surface area contributed by atoms with Crippen LogP contribution in [0.15, 0.2) is 29.2 Å². The van der Waals surface area contributed by atoms with E-state index in [1.807, 2.05) is 19.1 Å². The number of hydrogen-bond acceptors (Lipinski definition) is 5. The van der Waals surface area contributed by atoms with E-state index in [9.17, 15) is 19.5 Å². The number of pyridine rings is 1. The van der Waals surface area contributed by atoms with Crippen LogP contribution in [0.4, 0.5) is 5.69 Å². The summed E-state index contributed by atoms with van der Waals surface area (Å²) in [6.07, 6.45) is 3.32. The van der Waals surface area contributed by atoms with E-state index in [-0.39, 0.29) is 17.8 Å². The van der Waals surface area contributed by atoms with E-state index >= 15 is 0 Å². The Morgan fingerprint density at radius 3 is 2.87 bits per heavy atom. The summed E-state index contributed by atoms with van der Waals surface area (Å²) in [5, 5.41) is 10.6. The van der Waals surface area contributed by atoms with Crippen molar-refractivity contribution >= 4 is 17.5 Å². The van der Waals surface area contributed by atoms with Gasteiger partial charge in [-0.25, -0.2) is 0 Å². The Balaban J connectivity index is 1.57. The standard InChI is InChI=1S/C22H23N3O5/c1-13-5-6-16-14(10-13)4-2-7-24(16)21(28)15-11-23-12-17-25(8-3-9-30-17)22(29)18(23)20(27)19(15)26/h5-6,10-11,17,27H,2-4,7-9,12H2,1H3. The molecule has 5 rings (SSSR count). The summed E-state index contributed by atoms with van der Waals surface area (Å²) in [6, 6.07) is 5.89. The summed E-state index contributed by atoms with van der Waals surface area (Å²) in [5.74, 6) is -1.58. The van der Waals surface area contributed by atoms with Crippen LogP contribution in [0.25, 0.3) is 0 Å². The number of aromatic nitrogens is 1. The molecule has 3 aliphatic heterocycles. The van der Waals surface area contributed by atoms with Crippen molar-refractivity contribution in [2.24, 2.45) is 0 Å². The topological polar surface area (TPSA) is 92.1 Å². The van der Waals surface area contributed by atoms with E-state index in [0.29, 0.717) is 26.1 Å². The second-order valence-corrected chi connectivity index (χ2v) is 8.09. The Morgan fingerprint density at radius 2 is 2.03 bits per heavy atom. The SMILES string of the molecule is Cc1ccc2c(c1)CCCN2C(=O)c1cn2c(c(O)c1=O)C(=O)N1CCCOC1C2. The zero-order valence-corrected chi connectivity index (χ0v) is 16.8. The number of aromatic hydroxyl groups is 1. The van der Waals surface area contributed by atoms with Gasteiger partial charge in [0.05, 0.1) is 13.2 Å². The molecule has 3 aliphatic rings. The Morgan fingerprint density at radius 1 is 1.20 bits per heavy atom. The molecule has 0 radical (unpaired) electrons. The molecular formula is C22H23N3O5. The highest BCUT2D eigenvalue weighted by Gasteiger charge is 2.38. The number of benzene rings is 1. The van der Waals surface area contributed by atoms with Crippen LogP contribution in [0.1, 0.15) is 44.8 Å². The van der Waals surface area contributed by atoms with Crippen molar-refractivity contribution in [2.75, 3.05) is 24.6 Å². The van der Waals surface area contributed by atoms with Crippen molar-refractivity contribution in [1.82, 2.24) is 9.47 Å². The Kier molecular flexibility index (Phi) is 4.39. The molecule has 1 aromatic heterocycles. The zero-order valence-electron chi connectivity index (χ0n) is 16.8. The van der Waals surface area contributed by atoms with Gasteiger partial charge in [0, 0.05) is 25.0 Å². The molecule has 2 amide bonds. The molecule has 8 nitrogen and oxygen atoms in total. The predicted molar refractivity (Wildman–Crippen MR) is 109 cm³/mol. The summed E-state index contributed by atoms with van der Waals surface area (Å²) < 4.78 is 7.17. The molecule has 0 aliphatic carbocycles. The minimum atomic E-state index is -0.810. The van der Waals surface area contributed by atoms with Gasteiger partial charge in [-0.15, -0.1) is 0 Å². The van der Waals surface area contributed by atoms with Crippen LogP contribution in [-0.2, 0) is 17.7 Å². The summed E-state index contributed by atoms with van der Waals surface area (Å²) in [6.45, 7) is 3.83. The smallest absolute Gasteiger partial charge is 0.276 e. The van der Waals surface area contributed by atoms with Crippen LogP contribution in [0.2, 0.25) is 0 Å². The van der Waals surface area contributed by atoms with Crippen LogP contribution in [0, 0.1) is 6.92 Å². The highest BCUT2D eigenvalue weighted by Crippen LogP contribution is 2.30. The van der Waals surface area contributed by atoms with Crippen LogP contribution in [0.5, 0.6) is 5.75 Å². The lowest BCUT2D eigenvalue weighted by Crippen LogP contribution is -2.53. The number of ether oxygens (including phenoxy) is 1. The van der Waals surface area contributed by atoms with Gasteiger partial charge in [0.25, 0.3) is 11.8 Å². The Hall–Kier alpha value is -3.13. The van der Waals surface area contributed by atoms with E-state index in [4.69, 9.17) is 4.74 Å². The third-order valence-electron chi connectivity index (χ3n) is 6.10. The van der Waals surface area contributed by atoms with Gasteiger partial charge in [-0.05, 0) is 37.8 Å². The molecule has 1 atom stereocenters. The van der Waals surface area contributed by atoms with Crippen molar-refractivity contribution < 1.29 is 19.4 Å². The first-order valence-electron chi connectivity index (χ1n) is 10.3. The van der Waals surface area contributed by atoms with Crippen molar-refractivity contribution in [3.05, 3.63) is 57.0 Å². The van der Waals surface area contributed by atoms with Crippen molar-refractivity contribution in [3.8, 4) is 5.75 Å². The maximum atomic E-state index is 13.3. The molecule has 156 valence electrons. The highest BCUT2D eigenvalue weighted by molar-refractivity contribution is 6.07. The number of carbonyl (C=O) groups excluding carboxylic acids is 2. The second kappa shape index (κ2) is 6.98. The van der Waals surface area contributed by atoms with Gasteiger partial charge in [-0.1, -0.05) is 17.7 Å². The molecule has 1 saturated heterocycles. The maximum absolute atomic E-state index is 13.3. The molecule has 0 saturated carbocycles. The number of hydrogen-bond donors (Lipinski definition) is 1. The average Bonchev–Trinajstić information content (AvgIpc) is 2.75. The fourth-order valence-electron chi connectivity index (χ4n) is 4.63. The molecule has 0 bridgehead atoms. The molecule has 4 heterocycles. The van der Waals surface area contributed by atoms with Gasteiger partial charge >= 0.3 is 0 Å². The molecule has 1 aromatic carbocycles. The monoisotopic (exact) mass is 409 g/mol. The molecule has 0 spiro atoms. The lowest BCUT2D eigenvalue weighted by Gasteiger charge is -2.40. The molecule has 1 N–H and O–H groups in total. The quantitative estimate of drug-likeness (QED) is 0.773. The third-order valence-corrected chi connectivity index (χ3v) is 6.10. The second-order valence-electron chi connectivity index (χ2n) is 8.09. The number of rotatable bonds is 1. The van der Waals surface area contributed by atoms with Crippen molar-refractivity contribution in [2.45, 2.75) is 39.0 Å². The number of carbonyl (C=O) groups is 2. The molecular weight excluding hydrogens is 386 g/mol. The number of amides is 2. The van der Waals surface area contributed by atoms with Crippen LogP contribution in [-0.4, -0.2) is 52.3 Å². The van der Waals surface area contributed by atoms with Crippen molar-refractivity contribution in [3.63, 3.8) is 0 Å². The van der Waals surface area contributed by atoms with Gasteiger partial charge < -0.3 is 24.2 Å². The lowest BCUT2D eigenvalue weighted by atomic mass is 9.98. The number of anilines is 1. The minimum Gasteiger partial charge on any atom is -0.503 e. The molecule has 1 fully saturated rings. The lowest BCUT2D eigenvalue weighted by molar-refractivity contribution is -0.0920. The minimum absolute atomic E-state index is 0.0760. The maximum Gasteiger partial charge on any atom is 0.276 e. The van der Waals surface area contributed by atoms with Gasteiger partial charge in [-0.3, -0.25) is 14.4 Å². The van der Waals surface area contributed by atoms with Crippen LogP contribution >= 0.6 is 0 Å². The largest absolute Gasteiger partial charge is 0.503 e. The number of fused-ring (bicyclic) bond motifs is 3. The highest BCUT2D eigenvalue weighted by atomic mass is 16.5. The van der Waals surface area contributed by atoms with Gasteiger partial charge in [0.1, 0.15) is 5.56 Å². The third kappa shape index (κ3) is 2.82. The van der Waals surface area contributed by atoms with E-state index < -0.39 is 29.2 Å². The molecule has 2 aromatic rings. The van der Waals surface area contributed by atoms with E-state index in [1.54, 1.807) is 4.90 Å². The van der Waals surface area contributed by atoms with E-state index in [2.05, 4.69) is 6.07 Å². The van der Waals surface area contributed by atoms with Gasteiger partial charge in [0.2, 0.25) is 5.43 Å². The predicted octanol–water partition coefficient (Wildman–Crippen LogP) is 1.66. The first-order valence-corrected chi connectivity index (χ1v) is 10.3. The average molecular weight is 409 g/mol. The molecule has 1 unspecified atom stereocenters. The fraction of sp³-hybridized carbons (Fsp3) is 0.409. The van der Waals surface area contributed by atoms with Crippen molar-refractivity contribution in [1.29, 1.82) is 0 Å². The zero-order chi connectivity index (χ0) is 21.0. The number of nitrogens with zero attached hydrogens (tertiary/aromatic N) is 3. The van der Waals surface area contributed by atoms with Crippen LogP contribution in [0.3, 0.4) is 0 Å². The van der Waals surface area contributed by atoms with Gasteiger partial charge in [0.15, 0.2) is 17.7 Å². The van der Waals surface area contributed by atoms with Crippen LogP contribution < -0.4 is 10.3 Å².